The summed E-state index contributed by atoms with van der Waals surface area (Å²) >= 11 is 6.37. The van der Waals surface area contributed by atoms with Crippen LogP contribution in [0.3, 0.4) is 0 Å². The highest BCUT2D eigenvalue weighted by Gasteiger charge is 2.13. The van der Waals surface area contributed by atoms with E-state index in [9.17, 15) is 0 Å². The molecular formula is C17H24ClNOSi. The lowest BCUT2D eigenvalue weighted by Gasteiger charge is -2.17. The largest absolute Gasteiger partial charge is 0.361 e. The Morgan fingerprint density at radius 3 is 2.57 bits per heavy atom. The Labute approximate surface area is 133 Å². The van der Waals surface area contributed by atoms with Crippen LogP contribution in [-0.4, -0.2) is 19.2 Å². The fourth-order valence-electron chi connectivity index (χ4n) is 2.25. The number of benzene rings is 1. The van der Waals surface area contributed by atoms with Gasteiger partial charge in [-0.25, -0.2) is 0 Å². The molecule has 4 heteroatoms. The number of hydrogen-bond donors (Lipinski definition) is 0. The van der Waals surface area contributed by atoms with Crippen molar-refractivity contribution in [3.8, 4) is 11.3 Å². The molecule has 0 atom stereocenters. The highest BCUT2D eigenvalue weighted by molar-refractivity contribution is 6.76. The minimum atomic E-state index is -1.03. The first kappa shape index (κ1) is 16.3. The first-order valence-corrected chi connectivity index (χ1v) is 11.5. The van der Waals surface area contributed by atoms with E-state index in [1.165, 1.54) is 11.6 Å². The first-order valence-electron chi connectivity index (χ1n) is 7.37. The molecule has 0 N–H and O–H groups in total. The molecule has 0 unspecified atom stereocenters. The molecule has 2 rings (SSSR count). The van der Waals surface area contributed by atoms with Crippen LogP contribution in [0, 0.1) is 6.92 Å². The van der Waals surface area contributed by atoms with Crippen molar-refractivity contribution >= 4 is 19.7 Å². The predicted octanol–water partition coefficient (Wildman–Crippen LogP) is 5.43. The van der Waals surface area contributed by atoms with Gasteiger partial charge in [-0.2, -0.15) is 0 Å². The normalized spacial score (nSPS) is 11.9. The third-order valence-electron chi connectivity index (χ3n) is 3.53. The van der Waals surface area contributed by atoms with E-state index >= 15 is 0 Å². The molecule has 114 valence electrons. The second kappa shape index (κ2) is 6.82. The van der Waals surface area contributed by atoms with Crippen molar-refractivity contribution in [2.24, 2.45) is 0 Å². The van der Waals surface area contributed by atoms with Gasteiger partial charge in [0.2, 0.25) is 0 Å². The second-order valence-corrected chi connectivity index (χ2v) is 12.7. The Balaban J connectivity index is 2.09. The molecule has 2 aromatic rings. The molecule has 0 amide bonds. The Hall–Kier alpha value is -1.03. The number of rotatable bonds is 6. The van der Waals surface area contributed by atoms with Crippen LogP contribution >= 0.6 is 11.6 Å². The van der Waals surface area contributed by atoms with Gasteiger partial charge in [0.05, 0.1) is 10.7 Å². The van der Waals surface area contributed by atoms with Crippen LogP contribution in [0.5, 0.6) is 0 Å². The lowest BCUT2D eigenvalue weighted by Crippen LogP contribution is -2.22. The minimum Gasteiger partial charge on any atom is -0.361 e. The maximum atomic E-state index is 6.37. The van der Waals surface area contributed by atoms with Crippen molar-refractivity contribution in [3.63, 3.8) is 0 Å². The summed E-state index contributed by atoms with van der Waals surface area (Å²) < 4.78 is 7.97. The summed E-state index contributed by atoms with van der Waals surface area (Å²) in [5.41, 5.74) is 3.40. The van der Waals surface area contributed by atoms with E-state index in [1.807, 2.05) is 24.4 Å². The van der Waals surface area contributed by atoms with E-state index in [2.05, 4.69) is 43.3 Å². The summed E-state index contributed by atoms with van der Waals surface area (Å²) in [6.07, 6.45) is 2.05. The van der Waals surface area contributed by atoms with Crippen LogP contribution in [0.2, 0.25) is 30.7 Å². The van der Waals surface area contributed by atoms with Crippen molar-refractivity contribution in [3.05, 3.63) is 47.1 Å². The molecule has 1 aromatic carbocycles. The van der Waals surface area contributed by atoms with Gasteiger partial charge in [0, 0.05) is 26.4 Å². The molecule has 2 nitrogen and oxygen atoms in total. The van der Waals surface area contributed by atoms with Gasteiger partial charge in [-0.3, -0.25) is 0 Å². The minimum absolute atomic E-state index is 0.581. The summed E-state index contributed by atoms with van der Waals surface area (Å²) in [5.74, 6) is 0. The van der Waals surface area contributed by atoms with Gasteiger partial charge < -0.3 is 9.30 Å². The number of nitrogens with zero attached hydrogens (tertiary/aromatic N) is 1. The Morgan fingerprint density at radius 1 is 1.14 bits per heavy atom. The van der Waals surface area contributed by atoms with Crippen LogP contribution in [0.15, 0.2) is 36.5 Å². The highest BCUT2D eigenvalue weighted by Crippen LogP contribution is 2.31. The molecule has 0 saturated heterocycles. The highest BCUT2D eigenvalue weighted by atomic mass is 35.5. The van der Waals surface area contributed by atoms with E-state index in [0.29, 0.717) is 6.73 Å². The van der Waals surface area contributed by atoms with E-state index < -0.39 is 8.07 Å². The summed E-state index contributed by atoms with van der Waals surface area (Å²) in [4.78, 5) is 0. The van der Waals surface area contributed by atoms with Gasteiger partial charge >= 0.3 is 0 Å². The summed E-state index contributed by atoms with van der Waals surface area (Å²) in [6, 6.07) is 11.3. The third-order valence-corrected chi connectivity index (χ3v) is 5.55. The van der Waals surface area contributed by atoms with E-state index in [0.717, 1.165) is 22.9 Å². The second-order valence-electron chi connectivity index (χ2n) is 6.64. The van der Waals surface area contributed by atoms with Gasteiger partial charge in [-0.05, 0) is 36.7 Å². The van der Waals surface area contributed by atoms with E-state index in [-0.39, 0.29) is 0 Å². The standard InChI is InChI=1S/C17H24ClNOSi/c1-14-7-5-8-15(18)17(14)16-9-6-10-19(16)13-20-11-12-21(2,3)4/h5-10H,11-13H2,1-4H3. The number of hydrogen-bond acceptors (Lipinski definition) is 1. The molecule has 0 bridgehead atoms. The third kappa shape index (κ3) is 4.47. The molecule has 1 heterocycles. The average Bonchev–Trinajstić information content (AvgIpc) is 2.82. The van der Waals surface area contributed by atoms with Gasteiger partial charge in [0.1, 0.15) is 6.73 Å². The van der Waals surface area contributed by atoms with Crippen LogP contribution in [-0.2, 0) is 11.5 Å². The van der Waals surface area contributed by atoms with E-state index in [4.69, 9.17) is 16.3 Å². The Bertz CT molecular complexity index is 581. The van der Waals surface area contributed by atoms with Gasteiger partial charge in [-0.15, -0.1) is 0 Å². The molecule has 21 heavy (non-hydrogen) atoms. The number of aryl methyl sites for hydroxylation is 1. The number of halogens is 1. The lowest BCUT2D eigenvalue weighted by atomic mass is 10.1. The molecule has 1 aromatic heterocycles. The molecule has 0 aliphatic carbocycles. The summed E-state index contributed by atoms with van der Waals surface area (Å²) in [5, 5.41) is 0.789. The predicted molar refractivity (Wildman–Crippen MR) is 93.7 cm³/mol. The van der Waals surface area contributed by atoms with Crippen molar-refractivity contribution in [1.29, 1.82) is 0 Å². The average molecular weight is 322 g/mol. The zero-order valence-corrected chi connectivity index (χ0v) is 15.1. The van der Waals surface area contributed by atoms with Crippen molar-refractivity contribution in [2.75, 3.05) is 6.61 Å². The molecule has 0 spiro atoms. The van der Waals surface area contributed by atoms with Crippen molar-refractivity contribution < 1.29 is 4.74 Å². The smallest absolute Gasteiger partial charge is 0.122 e. The topological polar surface area (TPSA) is 14.2 Å². The van der Waals surface area contributed by atoms with Crippen molar-refractivity contribution in [2.45, 2.75) is 39.3 Å². The van der Waals surface area contributed by atoms with Crippen LogP contribution in [0.1, 0.15) is 5.56 Å². The van der Waals surface area contributed by atoms with Crippen LogP contribution in [0.25, 0.3) is 11.3 Å². The SMILES string of the molecule is Cc1cccc(Cl)c1-c1cccn1COCC[Si](C)(C)C. The van der Waals surface area contributed by atoms with Gasteiger partial charge in [0.15, 0.2) is 0 Å². The number of aromatic nitrogens is 1. The Kier molecular flexibility index (Phi) is 5.30. The fraction of sp³-hybridized carbons (Fsp3) is 0.412. The molecule has 0 saturated carbocycles. The molecule has 0 radical (unpaired) electrons. The fourth-order valence-corrected chi connectivity index (χ4v) is 3.33. The van der Waals surface area contributed by atoms with Crippen LogP contribution < -0.4 is 0 Å². The van der Waals surface area contributed by atoms with E-state index in [1.54, 1.807) is 0 Å². The van der Waals surface area contributed by atoms with Crippen LogP contribution in [0.4, 0.5) is 0 Å². The van der Waals surface area contributed by atoms with Crippen molar-refractivity contribution in [1.82, 2.24) is 4.57 Å². The maximum absolute atomic E-state index is 6.37. The summed E-state index contributed by atoms with van der Waals surface area (Å²) in [7, 11) is -1.03. The monoisotopic (exact) mass is 321 g/mol. The molecule has 0 aliphatic rings. The Morgan fingerprint density at radius 2 is 1.90 bits per heavy atom. The first-order chi connectivity index (χ1) is 9.88. The van der Waals surface area contributed by atoms with Gasteiger partial charge in [0.25, 0.3) is 0 Å². The lowest BCUT2D eigenvalue weighted by molar-refractivity contribution is 0.0885. The zero-order valence-electron chi connectivity index (χ0n) is 13.3. The maximum Gasteiger partial charge on any atom is 0.122 e. The van der Waals surface area contributed by atoms with Gasteiger partial charge in [-0.1, -0.05) is 43.4 Å². The zero-order chi connectivity index (χ0) is 15.5. The quantitative estimate of drug-likeness (QED) is 0.511. The molecular weight excluding hydrogens is 298 g/mol. The molecule has 0 aliphatic heterocycles. The number of ether oxygens (including phenoxy) is 1. The summed E-state index contributed by atoms with van der Waals surface area (Å²) in [6.45, 7) is 10.6. The molecule has 0 fully saturated rings.